The molecule has 2 amide bonds. The van der Waals surface area contributed by atoms with Crippen molar-refractivity contribution in [3.05, 3.63) is 59.9 Å². The molecule has 0 fully saturated rings. The minimum atomic E-state index is -0.547. The van der Waals surface area contributed by atoms with Crippen molar-refractivity contribution in [1.82, 2.24) is 15.0 Å². The molecular weight excluding hydrogens is 346 g/mol. The van der Waals surface area contributed by atoms with E-state index in [1.807, 2.05) is 31.2 Å². The molecule has 1 atom stereocenters. The van der Waals surface area contributed by atoms with Crippen LogP contribution in [0.4, 0.5) is 11.4 Å². The number of amides is 2. The van der Waals surface area contributed by atoms with Crippen molar-refractivity contribution < 1.29 is 14.3 Å². The van der Waals surface area contributed by atoms with E-state index in [1.165, 1.54) is 4.68 Å². The summed E-state index contributed by atoms with van der Waals surface area (Å²) >= 11 is 0. The van der Waals surface area contributed by atoms with Gasteiger partial charge >= 0.3 is 0 Å². The maximum Gasteiger partial charge on any atom is 0.277 e. The summed E-state index contributed by atoms with van der Waals surface area (Å²) in [6.45, 7) is 3.67. The summed E-state index contributed by atoms with van der Waals surface area (Å²) in [6.07, 6.45) is 1.01. The van der Waals surface area contributed by atoms with E-state index in [-0.39, 0.29) is 11.6 Å². The van der Waals surface area contributed by atoms with E-state index in [2.05, 4.69) is 20.9 Å². The highest BCUT2D eigenvalue weighted by molar-refractivity contribution is 6.04. The van der Waals surface area contributed by atoms with Crippen LogP contribution in [-0.2, 0) is 4.79 Å². The summed E-state index contributed by atoms with van der Waals surface area (Å²) in [5, 5.41) is 13.4. The molecule has 0 saturated heterocycles. The summed E-state index contributed by atoms with van der Waals surface area (Å²) in [5.74, 6) is -0.0674. The molecule has 0 bridgehead atoms. The molecule has 0 spiro atoms. The summed E-state index contributed by atoms with van der Waals surface area (Å²) in [6, 6.07) is 12.8. The average molecular weight is 363 g/mol. The zero-order valence-electron chi connectivity index (χ0n) is 14.8. The lowest BCUT2D eigenvalue weighted by molar-refractivity contribution is -0.122. The molecule has 2 aromatic carbocycles. The SMILES string of the molecule is Cc1ccc(-n2cc(C(=O)Nc3ccc4c(c3)NC(=O)C(C)O4)nn2)cc1. The second kappa shape index (κ2) is 6.56. The first kappa shape index (κ1) is 16.8. The van der Waals surface area contributed by atoms with Crippen molar-refractivity contribution in [3.63, 3.8) is 0 Å². The third-order valence-corrected chi connectivity index (χ3v) is 4.19. The summed E-state index contributed by atoms with van der Waals surface area (Å²) < 4.78 is 7.04. The Balaban J connectivity index is 1.51. The summed E-state index contributed by atoms with van der Waals surface area (Å²) in [4.78, 5) is 24.2. The Hall–Kier alpha value is -3.68. The van der Waals surface area contributed by atoms with Gasteiger partial charge in [-0.3, -0.25) is 9.59 Å². The van der Waals surface area contributed by atoms with Crippen molar-refractivity contribution in [2.45, 2.75) is 20.0 Å². The minimum absolute atomic E-state index is 0.183. The predicted octanol–water partition coefficient (Wildman–Crippen LogP) is 2.55. The molecule has 3 aromatic rings. The van der Waals surface area contributed by atoms with Crippen LogP contribution in [0, 0.1) is 6.92 Å². The number of benzene rings is 2. The molecule has 0 saturated carbocycles. The summed E-state index contributed by atoms with van der Waals surface area (Å²) in [7, 11) is 0. The van der Waals surface area contributed by atoms with E-state index in [4.69, 9.17) is 4.74 Å². The Kier molecular flexibility index (Phi) is 4.08. The van der Waals surface area contributed by atoms with Gasteiger partial charge in [-0.2, -0.15) is 0 Å². The molecule has 8 heteroatoms. The number of nitrogens with one attached hydrogen (secondary N) is 2. The molecule has 136 valence electrons. The number of aryl methyl sites for hydroxylation is 1. The number of hydrogen-bond donors (Lipinski definition) is 2. The Morgan fingerprint density at radius 3 is 2.78 bits per heavy atom. The van der Waals surface area contributed by atoms with E-state index in [1.54, 1.807) is 31.3 Å². The molecule has 2 N–H and O–H groups in total. The number of carbonyl (C=O) groups is 2. The van der Waals surface area contributed by atoms with Crippen LogP contribution in [0.3, 0.4) is 0 Å². The topological polar surface area (TPSA) is 98.1 Å². The molecular formula is C19H17N5O3. The lowest BCUT2D eigenvalue weighted by Gasteiger charge is -2.23. The quantitative estimate of drug-likeness (QED) is 0.745. The van der Waals surface area contributed by atoms with Gasteiger partial charge in [-0.05, 0) is 44.2 Å². The van der Waals surface area contributed by atoms with Crippen LogP contribution in [0.1, 0.15) is 23.0 Å². The van der Waals surface area contributed by atoms with Gasteiger partial charge in [0.25, 0.3) is 11.8 Å². The van der Waals surface area contributed by atoms with Gasteiger partial charge in [-0.25, -0.2) is 4.68 Å². The first-order chi connectivity index (χ1) is 13.0. The second-order valence-corrected chi connectivity index (χ2v) is 6.30. The minimum Gasteiger partial charge on any atom is -0.479 e. The number of nitrogens with zero attached hydrogens (tertiary/aromatic N) is 3. The third kappa shape index (κ3) is 3.37. The molecule has 0 radical (unpaired) electrons. The van der Waals surface area contributed by atoms with Gasteiger partial charge in [0.1, 0.15) is 5.75 Å². The van der Waals surface area contributed by atoms with Crippen LogP contribution in [0.25, 0.3) is 5.69 Å². The maximum atomic E-state index is 12.5. The predicted molar refractivity (Wildman–Crippen MR) is 99.2 cm³/mol. The van der Waals surface area contributed by atoms with Crippen LogP contribution in [0.2, 0.25) is 0 Å². The van der Waals surface area contributed by atoms with Gasteiger partial charge < -0.3 is 15.4 Å². The number of fused-ring (bicyclic) bond motifs is 1. The molecule has 2 heterocycles. The zero-order chi connectivity index (χ0) is 19.0. The standard InChI is InChI=1S/C19H17N5O3/c1-11-3-6-14(7-4-11)24-10-16(22-23-24)19(26)20-13-5-8-17-15(9-13)21-18(25)12(2)27-17/h3-10,12H,1-2H3,(H,20,26)(H,21,25). The Morgan fingerprint density at radius 2 is 2.00 bits per heavy atom. The molecule has 4 rings (SSSR count). The van der Waals surface area contributed by atoms with E-state index in [0.717, 1.165) is 11.3 Å². The van der Waals surface area contributed by atoms with Crippen molar-refractivity contribution in [1.29, 1.82) is 0 Å². The highest BCUT2D eigenvalue weighted by atomic mass is 16.5. The maximum absolute atomic E-state index is 12.5. The van der Waals surface area contributed by atoms with Gasteiger partial charge in [0, 0.05) is 5.69 Å². The van der Waals surface area contributed by atoms with Gasteiger partial charge in [-0.1, -0.05) is 22.9 Å². The van der Waals surface area contributed by atoms with Crippen molar-refractivity contribution in [2.24, 2.45) is 0 Å². The number of anilines is 2. The Morgan fingerprint density at radius 1 is 1.22 bits per heavy atom. The monoisotopic (exact) mass is 363 g/mol. The largest absolute Gasteiger partial charge is 0.479 e. The first-order valence-corrected chi connectivity index (χ1v) is 8.42. The van der Waals surface area contributed by atoms with Crippen molar-refractivity contribution >= 4 is 23.2 Å². The lowest BCUT2D eigenvalue weighted by atomic mass is 10.2. The summed E-state index contributed by atoms with van der Waals surface area (Å²) in [5.41, 5.74) is 3.16. The molecule has 1 aliphatic rings. The fraction of sp³-hybridized carbons (Fsp3) is 0.158. The Labute approximate surface area is 155 Å². The molecule has 27 heavy (non-hydrogen) atoms. The highest BCUT2D eigenvalue weighted by Gasteiger charge is 2.24. The van der Waals surface area contributed by atoms with Crippen molar-refractivity contribution in [2.75, 3.05) is 10.6 Å². The van der Waals surface area contributed by atoms with Crippen LogP contribution in [0.15, 0.2) is 48.7 Å². The molecule has 1 unspecified atom stereocenters. The Bertz CT molecular complexity index is 1030. The van der Waals surface area contributed by atoms with Gasteiger partial charge in [0.2, 0.25) is 0 Å². The average Bonchev–Trinajstić information content (AvgIpc) is 3.14. The number of ether oxygens (including phenoxy) is 1. The third-order valence-electron chi connectivity index (χ3n) is 4.19. The van der Waals surface area contributed by atoms with Gasteiger partial charge in [0.15, 0.2) is 11.8 Å². The fourth-order valence-electron chi connectivity index (χ4n) is 2.67. The molecule has 0 aliphatic carbocycles. The number of carbonyl (C=O) groups excluding carboxylic acids is 2. The van der Waals surface area contributed by atoms with Crippen molar-refractivity contribution in [3.8, 4) is 11.4 Å². The zero-order valence-corrected chi connectivity index (χ0v) is 14.8. The molecule has 1 aliphatic heterocycles. The lowest BCUT2D eigenvalue weighted by Crippen LogP contribution is -2.34. The fourth-order valence-corrected chi connectivity index (χ4v) is 2.67. The van der Waals surface area contributed by atoms with E-state index < -0.39 is 12.0 Å². The van der Waals surface area contributed by atoms with Crippen LogP contribution in [0.5, 0.6) is 5.75 Å². The van der Waals surface area contributed by atoms with Crippen LogP contribution >= 0.6 is 0 Å². The number of aromatic nitrogens is 3. The van der Waals surface area contributed by atoms with E-state index >= 15 is 0 Å². The van der Waals surface area contributed by atoms with Crippen LogP contribution in [-0.4, -0.2) is 32.9 Å². The number of rotatable bonds is 3. The van der Waals surface area contributed by atoms with Gasteiger partial charge in [-0.15, -0.1) is 5.10 Å². The molecule has 1 aromatic heterocycles. The van der Waals surface area contributed by atoms with E-state index in [0.29, 0.717) is 17.1 Å². The first-order valence-electron chi connectivity index (χ1n) is 8.42. The second-order valence-electron chi connectivity index (χ2n) is 6.30. The van der Waals surface area contributed by atoms with E-state index in [9.17, 15) is 9.59 Å². The molecule has 8 nitrogen and oxygen atoms in total. The van der Waals surface area contributed by atoms with Gasteiger partial charge in [0.05, 0.1) is 17.6 Å². The van der Waals surface area contributed by atoms with Crippen LogP contribution < -0.4 is 15.4 Å². The number of hydrogen-bond acceptors (Lipinski definition) is 5. The highest BCUT2D eigenvalue weighted by Crippen LogP contribution is 2.32. The smallest absolute Gasteiger partial charge is 0.277 e. The normalized spacial score (nSPS) is 15.5.